The van der Waals surface area contributed by atoms with Crippen molar-refractivity contribution in [3.8, 4) is 33.8 Å². The van der Waals surface area contributed by atoms with Gasteiger partial charge in [0.15, 0.2) is 17.3 Å². The molecule has 5 N–H and O–H groups in total. The van der Waals surface area contributed by atoms with E-state index in [9.17, 15) is 39.0 Å². The molecule has 1 heterocycles. The molecule has 4 bridgehead atoms. The van der Waals surface area contributed by atoms with Crippen molar-refractivity contribution in [2.24, 2.45) is 17.6 Å². The lowest BCUT2D eigenvalue weighted by Crippen LogP contribution is -2.49. The molecule has 5 rings (SSSR count). The number of aromatic hydroxyl groups is 2. The maximum absolute atomic E-state index is 14.6. The van der Waals surface area contributed by atoms with Crippen molar-refractivity contribution in [3.05, 3.63) is 107 Å². The molecule has 4 atom stereocenters. The molecule has 4 aromatic carbocycles. The first-order chi connectivity index (χ1) is 28.6. The van der Waals surface area contributed by atoms with Gasteiger partial charge in [0, 0.05) is 60.5 Å². The summed E-state index contributed by atoms with van der Waals surface area (Å²) in [4.78, 5) is 84.8. The van der Waals surface area contributed by atoms with Crippen LogP contribution in [0, 0.1) is 11.8 Å². The van der Waals surface area contributed by atoms with Crippen molar-refractivity contribution >= 4 is 58.3 Å². The Morgan fingerprint density at radius 3 is 2.10 bits per heavy atom. The number of hydrogen-bond acceptors (Lipinski definition) is 9. The number of amides is 3. The number of carbonyl (C=O) groups is 6. The normalized spacial score (nSPS) is 17.2. The van der Waals surface area contributed by atoms with Gasteiger partial charge in [0.1, 0.15) is 23.4 Å². The molecular weight excluding hydrogens is 807 g/mol. The van der Waals surface area contributed by atoms with Crippen molar-refractivity contribution in [2.45, 2.75) is 57.5 Å². The van der Waals surface area contributed by atoms with Gasteiger partial charge in [0.25, 0.3) is 0 Å². The summed E-state index contributed by atoms with van der Waals surface area (Å²) in [7, 11) is 2.89. The van der Waals surface area contributed by atoms with Crippen molar-refractivity contribution in [2.75, 3.05) is 33.1 Å². The minimum Gasteiger partial charge on any atom is -0.507 e. The fourth-order valence-corrected chi connectivity index (χ4v) is 7.75. The Morgan fingerprint density at radius 2 is 1.47 bits per heavy atom. The maximum Gasteiger partial charge on any atom is 0.237 e. The average molecular weight is 858 g/mol. The number of likely N-dealkylation sites (N-methyl/N-ethyl adjacent to an activating group) is 2. The van der Waals surface area contributed by atoms with Crippen LogP contribution in [0.15, 0.2) is 84.9 Å². The minimum atomic E-state index is -1.28. The zero-order valence-electron chi connectivity index (χ0n) is 33.8. The van der Waals surface area contributed by atoms with Gasteiger partial charge in [0.05, 0.1) is 12.6 Å². The second-order valence-electron chi connectivity index (χ2n) is 15.4. The van der Waals surface area contributed by atoms with Crippen LogP contribution in [0.3, 0.4) is 0 Å². The topological polar surface area (TPSA) is 187 Å². The van der Waals surface area contributed by atoms with E-state index in [1.54, 1.807) is 36.4 Å². The third-order valence-corrected chi connectivity index (χ3v) is 11.4. The van der Waals surface area contributed by atoms with Gasteiger partial charge >= 0.3 is 0 Å². The number of Topliss-reactive ketones (excluding diaryl/α,β-unsaturated/α-hetero) is 3. The second kappa shape index (κ2) is 20.6. The Balaban J connectivity index is 1.49. The van der Waals surface area contributed by atoms with Crippen molar-refractivity contribution in [1.82, 2.24) is 15.1 Å². The summed E-state index contributed by atoms with van der Waals surface area (Å²) < 4.78 is 0. The predicted octanol–water partition coefficient (Wildman–Crippen LogP) is 6.51. The molecule has 3 amide bonds. The highest BCUT2D eigenvalue weighted by molar-refractivity contribution is 6.30. The molecule has 0 aromatic heterocycles. The van der Waals surface area contributed by atoms with Crippen LogP contribution in [0.1, 0.15) is 66.6 Å². The summed E-state index contributed by atoms with van der Waals surface area (Å²) in [5, 5.41) is 25.5. The first kappa shape index (κ1) is 45.5. The Hall–Kier alpha value is -5.56. The summed E-state index contributed by atoms with van der Waals surface area (Å²) in [6.45, 7) is 1.57. The van der Waals surface area contributed by atoms with Crippen molar-refractivity contribution in [1.29, 1.82) is 0 Å². The maximum atomic E-state index is 14.6. The molecule has 0 saturated carbocycles. The molecule has 0 aliphatic carbocycles. The van der Waals surface area contributed by atoms with Crippen LogP contribution in [0.25, 0.3) is 22.3 Å². The highest BCUT2D eigenvalue weighted by Crippen LogP contribution is 2.40. The quantitative estimate of drug-likeness (QED) is 0.0624. The first-order valence-electron chi connectivity index (χ1n) is 19.8. The lowest BCUT2D eigenvalue weighted by atomic mass is 9.87. The van der Waals surface area contributed by atoms with E-state index >= 15 is 0 Å². The van der Waals surface area contributed by atoms with Gasteiger partial charge in [-0.25, -0.2) is 0 Å². The van der Waals surface area contributed by atoms with Gasteiger partial charge in [-0.2, -0.15) is 0 Å². The zero-order valence-corrected chi connectivity index (χ0v) is 35.3. The van der Waals surface area contributed by atoms with Gasteiger partial charge in [-0.3, -0.25) is 28.8 Å². The van der Waals surface area contributed by atoms with E-state index in [1.165, 1.54) is 50.2 Å². The smallest absolute Gasteiger partial charge is 0.237 e. The summed E-state index contributed by atoms with van der Waals surface area (Å²) in [5.74, 6) is -5.40. The number of alkyl halides is 1. The Labute approximate surface area is 359 Å². The summed E-state index contributed by atoms with van der Waals surface area (Å²) in [5.41, 5.74) is 9.19. The molecule has 0 fully saturated rings. The number of nitrogens with zero attached hydrogens (tertiary/aromatic N) is 2. The van der Waals surface area contributed by atoms with Crippen LogP contribution >= 0.6 is 23.2 Å². The Bertz CT molecular complexity index is 2230. The standard InChI is InChI=1S/C46H50Cl2N4O8/c1-27-20-41(56)44(52(3)46(60)33(6-4-5-19-49)24-40(55)31-10-8-29(9-11-31)30-12-15-34(48)16-13-30)32-14-18-39(54)36(23-32)35-21-28(7-17-38(35)53)22-37(50-45(27)59)42(57)26-51(2)43(58)25-47/h7-18,21,23,27,33,37,44,53-54H,4-6,19-20,22,24-26,49H2,1-3H3,(H,50,59)/t27-,33-,37+,44+/m1/s1. The molecule has 1 aliphatic rings. The summed E-state index contributed by atoms with van der Waals surface area (Å²) in [6.07, 6.45) is 0.961. The number of fused-ring (bicyclic) bond motifs is 5. The number of rotatable bonds is 14. The van der Waals surface area contributed by atoms with Gasteiger partial charge < -0.3 is 31.1 Å². The fourth-order valence-electron chi connectivity index (χ4n) is 7.42. The van der Waals surface area contributed by atoms with E-state index in [4.69, 9.17) is 28.9 Å². The van der Waals surface area contributed by atoms with E-state index in [0.717, 1.165) is 16.0 Å². The van der Waals surface area contributed by atoms with Gasteiger partial charge in [0.2, 0.25) is 17.7 Å². The van der Waals surface area contributed by atoms with Gasteiger partial charge in [-0.15, -0.1) is 11.6 Å². The van der Waals surface area contributed by atoms with Gasteiger partial charge in [-0.1, -0.05) is 73.5 Å². The number of ketones is 3. The molecular formula is C46H50Cl2N4O8. The molecule has 1 aliphatic heterocycles. The third-order valence-electron chi connectivity index (χ3n) is 10.9. The van der Waals surface area contributed by atoms with E-state index in [1.807, 2.05) is 24.3 Å². The SMILES string of the molecule is C[C@@H]1CC(=O)[C@@H](N(C)C(=O)[C@H](CCCCN)CC(=O)c2ccc(-c3ccc(Cl)cc3)cc2)c2ccc(O)c(c2)-c2cc(ccc2O)C[C@@H](C(=O)CN(C)C(=O)CCl)NC1=O. The molecule has 0 saturated heterocycles. The molecule has 60 heavy (non-hydrogen) atoms. The first-order valence-corrected chi connectivity index (χ1v) is 20.7. The number of unbranched alkanes of at least 4 members (excludes halogenated alkanes) is 1. The summed E-state index contributed by atoms with van der Waals surface area (Å²) >= 11 is 11.7. The molecule has 316 valence electrons. The number of hydrogen-bond donors (Lipinski definition) is 4. The number of phenolic OH excluding ortho intramolecular Hbond substituents is 2. The monoisotopic (exact) mass is 856 g/mol. The molecule has 14 heteroatoms. The number of phenols is 2. The third kappa shape index (κ3) is 11.2. The van der Waals surface area contributed by atoms with Crippen LogP contribution in [-0.4, -0.2) is 94.2 Å². The summed E-state index contributed by atoms with van der Waals surface area (Å²) in [6, 6.07) is 20.9. The number of halogens is 2. The van der Waals surface area contributed by atoms with Crippen LogP contribution in [0.4, 0.5) is 0 Å². The largest absolute Gasteiger partial charge is 0.507 e. The molecule has 0 radical (unpaired) electrons. The van der Waals surface area contributed by atoms with Gasteiger partial charge in [-0.05, 0) is 84.5 Å². The molecule has 0 unspecified atom stereocenters. The highest BCUT2D eigenvalue weighted by Gasteiger charge is 2.36. The van der Waals surface area contributed by atoms with Crippen LogP contribution in [-0.2, 0) is 30.4 Å². The number of nitrogens with one attached hydrogen (secondary N) is 1. The minimum absolute atomic E-state index is 0.0293. The fraction of sp³-hybridized carbons (Fsp3) is 0.348. The molecule has 0 spiro atoms. The van der Waals surface area contributed by atoms with Crippen molar-refractivity contribution in [3.63, 3.8) is 0 Å². The second-order valence-corrected chi connectivity index (χ2v) is 16.1. The Morgan fingerprint density at radius 1 is 0.850 bits per heavy atom. The molecule has 4 aromatic rings. The lowest BCUT2D eigenvalue weighted by Gasteiger charge is -2.32. The highest BCUT2D eigenvalue weighted by atomic mass is 35.5. The van der Waals surface area contributed by atoms with Crippen LogP contribution < -0.4 is 11.1 Å². The van der Waals surface area contributed by atoms with E-state index in [2.05, 4.69) is 5.32 Å². The number of benzene rings is 4. The predicted molar refractivity (Wildman–Crippen MR) is 231 cm³/mol. The zero-order chi connectivity index (χ0) is 43.7. The van der Waals surface area contributed by atoms with Crippen LogP contribution in [0.2, 0.25) is 5.02 Å². The molecule has 12 nitrogen and oxygen atoms in total. The van der Waals surface area contributed by atoms with Crippen LogP contribution in [0.5, 0.6) is 11.5 Å². The Kier molecular flexibility index (Phi) is 15.6. The number of nitrogens with two attached hydrogens (primary N) is 1. The van der Waals surface area contributed by atoms with Crippen molar-refractivity contribution < 1.29 is 39.0 Å². The van der Waals surface area contributed by atoms with E-state index < -0.39 is 53.2 Å². The lowest BCUT2D eigenvalue weighted by molar-refractivity contribution is -0.142. The van der Waals surface area contributed by atoms with E-state index in [0.29, 0.717) is 47.5 Å². The number of carbonyl (C=O) groups excluding carboxylic acids is 6. The van der Waals surface area contributed by atoms with E-state index in [-0.39, 0.29) is 60.1 Å². The average Bonchev–Trinajstić information content (AvgIpc) is 3.23.